The Labute approximate surface area is 170 Å². The molecular weight excluding hydrogens is 371 g/mol. The lowest BCUT2D eigenvalue weighted by atomic mass is 9.96. The summed E-state index contributed by atoms with van der Waals surface area (Å²) in [5.74, 6) is 0.395. The molecule has 2 amide bonds. The molecule has 29 heavy (non-hydrogen) atoms. The molecule has 1 N–H and O–H groups in total. The number of ether oxygens (including phenoxy) is 1. The summed E-state index contributed by atoms with van der Waals surface area (Å²) < 4.78 is 18.4. The van der Waals surface area contributed by atoms with Crippen LogP contribution in [-0.4, -0.2) is 43.5 Å². The molecule has 0 spiro atoms. The summed E-state index contributed by atoms with van der Waals surface area (Å²) in [6, 6.07) is 14.2. The van der Waals surface area contributed by atoms with Gasteiger partial charge in [0.2, 0.25) is 11.8 Å². The lowest BCUT2D eigenvalue weighted by Gasteiger charge is -2.32. The molecule has 1 atom stereocenters. The number of nitrogens with zero attached hydrogens (tertiary/aromatic N) is 1. The van der Waals surface area contributed by atoms with Gasteiger partial charge in [0.05, 0.1) is 13.0 Å². The molecule has 1 saturated heterocycles. The van der Waals surface area contributed by atoms with Crippen LogP contribution in [0.1, 0.15) is 24.0 Å². The highest BCUT2D eigenvalue weighted by Gasteiger charge is 2.29. The number of hydrogen-bond acceptors (Lipinski definition) is 3. The zero-order chi connectivity index (χ0) is 20.6. The van der Waals surface area contributed by atoms with Crippen LogP contribution in [-0.2, 0) is 22.4 Å². The third-order valence-corrected chi connectivity index (χ3v) is 5.30. The number of carbonyl (C=O) groups is 2. The molecule has 0 aromatic heterocycles. The van der Waals surface area contributed by atoms with Crippen LogP contribution in [0.3, 0.4) is 0 Å². The molecule has 6 heteroatoms. The minimum Gasteiger partial charge on any atom is -0.497 e. The fourth-order valence-corrected chi connectivity index (χ4v) is 3.57. The van der Waals surface area contributed by atoms with E-state index in [2.05, 4.69) is 5.32 Å². The number of methoxy groups -OCH3 is 1. The average Bonchev–Trinajstić information content (AvgIpc) is 2.73. The van der Waals surface area contributed by atoms with Crippen molar-refractivity contribution in [3.8, 4) is 5.75 Å². The highest BCUT2D eigenvalue weighted by Crippen LogP contribution is 2.19. The lowest BCUT2D eigenvalue weighted by Crippen LogP contribution is -2.46. The number of benzene rings is 2. The number of hydrogen-bond donors (Lipinski definition) is 1. The fraction of sp³-hybridized carbons (Fsp3) is 0.391. The van der Waals surface area contributed by atoms with Gasteiger partial charge in [-0.2, -0.15) is 0 Å². The quantitative estimate of drug-likeness (QED) is 0.744. The van der Waals surface area contributed by atoms with Gasteiger partial charge < -0.3 is 15.0 Å². The summed E-state index contributed by atoms with van der Waals surface area (Å²) in [5, 5.41) is 2.93. The Morgan fingerprint density at radius 3 is 2.69 bits per heavy atom. The minimum atomic E-state index is -0.271. The van der Waals surface area contributed by atoms with Crippen molar-refractivity contribution in [2.24, 2.45) is 5.92 Å². The number of halogens is 1. The third kappa shape index (κ3) is 6.04. The predicted octanol–water partition coefficient (Wildman–Crippen LogP) is 2.97. The van der Waals surface area contributed by atoms with E-state index in [4.69, 9.17) is 4.74 Å². The van der Waals surface area contributed by atoms with Crippen LogP contribution in [0.2, 0.25) is 0 Å². The minimum absolute atomic E-state index is 0.0386. The van der Waals surface area contributed by atoms with Crippen LogP contribution in [0.15, 0.2) is 48.5 Å². The Kier molecular flexibility index (Phi) is 7.22. The first kappa shape index (κ1) is 20.8. The molecule has 0 bridgehead atoms. The van der Waals surface area contributed by atoms with E-state index in [1.165, 1.54) is 12.1 Å². The molecule has 0 aliphatic carbocycles. The summed E-state index contributed by atoms with van der Waals surface area (Å²) in [5.41, 5.74) is 1.98. The van der Waals surface area contributed by atoms with Crippen LogP contribution in [0.4, 0.5) is 4.39 Å². The predicted molar refractivity (Wildman–Crippen MR) is 109 cm³/mol. The van der Waals surface area contributed by atoms with Gasteiger partial charge in [-0.1, -0.05) is 24.3 Å². The molecular formula is C23H27FN2O3. The Bertz CT molecular complexity index is 838. The first-order valence-electron chi connectivity index (χ1n) is 9.98. The van der Waals surface area contributed by atoms with Crippen molar-refractivity contribution in [1.82, 2.24) is 10.2 Å². The zero-order valence-electron chi connectivity index (χ0n) is 16.7. The van der Waals surface area contributed by atoms with Crippen LogP contribution in [0.5, 0.6) is 5.75 Å². The molecule has 3 rings (SSSR count). The number of nitrogens with one attached hydrogen (secondary N) is 1. The van der Waals surface area contributed by atoms with Gasteiger partial charge in [0, 0.05) is 26.1 Å². The molecule has 2 aromatic rings. The molecule has 1 aliphatic heterocycles. The second kappa shape index (κ2) is 10.0. The zero-order valence-corrected chi connectivity index (χ0v) is 16.7. The van der Waals surface area contributed by atoms with Crippen molar-refractivity contribution in [2.75, 3.05) is 26.7 Å². The van der Waals surface area contributed by atoms with Crippen molar-refractivity contribution in [3.63, 3.8) is 0 Å². The van der Waals surface area contributed by atoms with Crippen LogP contribution in [0, 0.1) is 11.7 Å². The maximum atomic E-state index is 13.2. The monoisotopic (exact) mass is 398 g/mol. The standard InChI is InChI=1S/C23H27FN2O3/c1-29-21-8-5-17(6-9-21)12-14-26-16-19(7-10-22(26)27)23(28)25-13-11-18-3-2-4-20(24)15-18/h2-6,8-9,15,19H,7,10-14,16H2,1H3,(H,25,28)/t19-/m0/s1. The smallest absolute Gasteiger partial charge is 0.224 e. The summed E-state index contributed by atoms with van der Waals surface area (Å²) in [6.45, 7) is 1.50. The highest BCUT2D eigenvalue weighted by molar-refractivity contribution is 5.83. The summed E-state index contributed by atoms with van der Waals surface area (Å²) in [7, 11) is 1.63. The SMILES string of the molecule is COc1ccc(CCN2C[C@@H](C(=O)NCCc3cccc(F)c3)CCC2=O)cc1. The lowest BCUT2D eigenvalue weighted by molar-refractivity contribution is -0.138. The van der Waals surface area contributed by atoms with Crippen molar-refractivity contribution in [1.29, 1.82) is 0 Å². The molecule has 154 valence electrons. The highest BCUT2D eigenvalue weighted by atomic mass is 19.1. The van der Waals surface area contributed by atoms with Gasteiger partial charge >= 0.3 is 0 Å². The molecule has 1 heterocycles. The van der Waals surface area contributed by atoms with Gasteiger partial charge in [0.25, 0.3) is 0 Å². The summed E-state index contributed by atoms with van der Waals surface area (Å²) >= 11 is 0. The van der Waals surface area contributed by atoms with Gasteiger partial charge in [-0.15, -0.1) is 0 Å². The van der Waals surface area contributed by atoms with Gasteiger partial charge in [-0.3, -0.25) is 9.59 Å². The topological polar surface area (TPSA) is 58.6 Å². The van der Waals surface area contributed by atoms with Crippen molar-refractivity contribution in [2.45, 2.75) is 25.7 Å². The maximum Gasteiger partial charge on any atom is 0.224 e. The van der Waals surface area contributed by atoms with E-state index in [1.807, 2.05) is 30.3 Å². The van der Waals surface area contributed by atoms with Gasteiger partial charge in [0.1, 0.15) is 11.6 Å². The number of carbonyl (C=O) groups excluding carboxylic acids is 2. The Balaban J connectivity index is 1.46. The average molecular weight is 398 g/mol. The summed E-state index contributed by atoms with van der Waals surface area (Å²) in [4.78, 5) is 26.6. The van der Waals surface area contributed by atoms with Gasteiger partial charge in [-0.25, -0.2) is 4.39 Å². The number of likely N-dealkylation sites (tertiary alicyclic amines) is 1. The number of rotatable bonds is 8. The fourth-order valence-electron chi connectivity index (χ4n) is 3.57. The molecule has 5 nitrogen and oxygen atoms in total. The normalized spacial score (nSPS) is 16.6. The van der Waals surface area contributed by atoms with E-state index in [0.29, 0.717) is 38.9 Å². The van der Waals surface area contributed by atoms with Gasteiger partial charge in [0.15, 0.2) is 0 Å². The third-order valence-electron chi connectivity index (χ3n) is 5.30. The van der Waals surface area contributed by atoms with Gasteiger partial charge in [-0.05, 0) is 54.7 Å². The Hall–Kier alpha value is -2.89. The van der Waals surface area contributed by atoms with Crippen molar-refractivity contribution >= 4 is 11.8 Å². The Morgan fingerprint density at radius 2 is 1.97 bits per heavy atom. The van der Waals surface area contributed by atoms with Crippen LogP contribution < -0.4 is 10.1 Å². The largest absolute Gasteiger partial charge is 0.497 e. The molecule has 0 radical (unpaired) electrons. The van der Waals surface area contributed by atoms with E-state index in [9.17, 15) is 14.0 Å². The second-order valence-electron chi connectivity index (χ2n) is 7.34. The Morgan fingerprint density at radius 1 is 1.17 bits per heavy atom. The van der Waals surface area contributed by atoms with E-state index in [0.717, 1.165) is 23.3 Å². The van der Waals surface area contributed by atoms with Crippen molar-refractivity contribution in [3.05, 3.63) is 65.5 Å². The van der Waals surface area contributed by atoms with Crippen molar-refractivity contribution < 1.29 is 18.7 Å². The first-order valence-corrected chi connectivity index (χ1v) is 9.98. The molecule has 0 unspecified atom stereocenters. The van der Waals surface area contributed by atoms with E-state index < -0.39 is 0 Å². The van der Waals surface area contributed by atoms with E-state index >= 15 is 0 Å². The molecule has 1 aliphatic rings. The maximum absolute atomic E-state index is 13.2. The summed E-state index contributed by atoms with van der Waals surface area (Å²) in [6.07, 6.45) is 2.29. The van der Waals surface area contributed by atoms with E-state index in [1.54, 1.807) is 18.1 Å². The molecule has 0 saturated carbocycles. The number of piperidine rings is 1. The van der Waals surface area contributed by atoms with Crippen LogP contribution >= 0.6 is 0 Å². The molecule has 2 aromatic carbocycles. The second-order valence-corrected chi connectivity index (χ2v) is 7.34. The van der Waals surface area contributed by atoms with E-state index in [-0.39, 0.29) is 23.5 Å². The van der Waals surface area contributed by atoms with Crippen LogP contribution in [0.25, 0.3) is 0 Å². The molecule has 1 fully saturated rings. The first-order chi connectivity index (χ1) is 14.0. The number of amides is 2.